The second-order valence-corrected chi connectivity index (χ2v) is 6.38. The molecule has 0 unspecified atom stereocenters. The first kappa shape index (κ1) is 12.9. The van der Waals surface area contributed by atoms with Gasteiger partial charge in [0.2, 0.25) is 0 Å². The molecule has 0 atom stereocenters. The van der Waals surface area contributed by atoms with Crippen LogP contribution in [0.4, 0.5) is 5.69 Å². The topological polar surface area (TPSA) is 12.0 Å². The van der Waals surface area contributed by atoms with Crippen molar-refractivity contribution in [3.63, 3.8) is 0 Å². The molecule has 0 spiro atoms. The van der Waals surface area contributed by atoms with Crippen LogP contribution in [0.3, 0.4) is 0 Å². The molecule has 2 rings (SSSR count). The molecule has 94 valence electrons. The molecule has 1 saturated carbocycles. The van der Waals surface area contributed by atoms with Gasteiger partial charge in [-0.3, -0.25) is 0 Å². The minimum Gasteiger partial charge on any atom is -0.385 e. The Balaban J connectivity index is 1.85. The van der Waals surface area contributed by atoms with Crippen molar-refractivity contribution in [3.8, 4) is 0 Å². The molecule has 2 heteroatoms. The fourth-order valence-electron chi connectivity index (χ4n) is 2.61. The van der Waals surface area contributed by atoms with Gasteiger partial charge in [0.15, 0.2) is 0 Å². The molecule has 0 aliphatic heterocycles. The number of aryl methyl sites for hydroxylation is 1. The minimum atomic E-state index is 0.870. The summed E-state index contributed by atoms with van der Waals surface area (Å²) in [5.74, 6) is 1.81. The number of nitrogens with one attached hydrogen (secondary N) is 1. The summed E-state index contributed by atoms with van der Waals surface area (Å²) in [4.78, 5) is 0. The molecule has 0 amide bonds. The molecule has 1 fully saturated rings. The normalized spacial score (nSPS) is 24.6. The molecule has 0 heterocycles. The molecule has 0 saturated heterocycles. The highest BCUT2D eigenvalue weighted by Gasteiger charge is 2.17. The zero-order valence-corrected chi connectivity index (χ0v) is 12.4. The molecule has 1 N–H and O–H groups in total. The maximum atomic E-state index is 3.60. The van der Waals surface area contributed by atoms with Gasteiger partial charge in [-0.2, -0.15) is 0 Å². The van der Waals surface area contributed by atoms with Crippen molar-refractivity contribution < 1.29 is 0 Å². The number of hydrogen-bond donors (Lipinski definition) is 1. The summed E-state index contributed by atoms with van der Waals surface area (Å²) < 4.78 is 1.16. The predicted molar refractivity (Wildman–Crippen MR) is 78.5 cm³/mol. The maximum Gasteiger partial charge on any atom is 0.0370 e. The summed E-state index contributed by atoms with van der Waals surface area (Å²) in [6, 6.07) is 6.45. The lowest BCUT2D eigenvalue weighted by molar-refractivity contribution is 0.300. The van der Waals surface area contributed by atoms with Crippen LogP contribution >= 0.6 is 15.9 Å². The van der Waals surface area contributed by atoms with Crippen LogP contribution in [0.25, 0.3) is 0 Å². The Labute approximate surface area is 113 Å². The Bertz CT molecular complexity index is 367. The minimum absolute atomic E-state index is 0.870. The van der Waals surface area contributed by atoms with Crippen LogP contribution in [-0.2, 0) is 0 Å². The first-order valence-electron chi connectivity index (χ1n) is 6.65. The second-order valence-electron chi connectivity index (χ2n) is 5.47. The van der Waals surface area contributed by atoms with E-state index in [1.54, 1.807) is 0 Å². The Morgan fingerprint density at radius 3 is 2.59 bits per heavy atom. The maximum absolute atomic E-state index is 3.60. The molecule has 1 aliphatic rings. The van der Waals surface area contributed by atoms with Crippen molar-refractivity contribution in [1.82, 2.24) is 0 Å². The highest BCUT2D eigenvalue weighted by Crippen LogP contribution is 2.29. The van der Waals surface area contributed by atoms with Crippen LogP contribution in [0.2, 0.25) is 0 Å². The number of hydrogen-bond acceptors (Lipinski definition) is 1. The standard InChI is InChI=1S/C15H22BrN/c1-11-3-5-13(6-4-11)10-17-15-8-7-14(16)9-12(15)2/h7-9,11,13,17H,3-6,10H2,1-2H3. The van der Waals surface area contributed by atoms with Crippen LogP contribution in [-0.4, -0.2) is 6.54 Å². The zero-order valence-electron chi connectivity index (χ0n) is 10.8. The van der Waals surface area contributed by atoms with Crippen LogP contribution in [0, 0.1) is 18.8 Å². The molecule has 0 aromatic heterocycles. The molecule has 1 aromatic carbocycles. The lowest BCUT2D eigenvalue weighted by atomic mass is 9.83. The highest BCUT2D eigenvalue weighted by molar-refractivity contribution is 9.10. The van der Waals surface area contributed by atoms with Gasteiger partial charge >= 0.3 is 0 Å². The van der Waals surface area contributed by atoms with Crippen LogP contribution in [0.1, 0.15) is 38.2 Å². The van der Waals surface area contributed by atoms with Crippen molar-refractivity contribution in [1.29, 1.82) is 0 Å². The molecule has 0 radical (unpaired) electrons. The molecule has 1 aromatic rings. The third kappa shape index (κ3) is 3.74. The molecule has 0 bridgehead atoms. The first-order chi connectivity index (χ1) is 8.15. The summed E-state index contributed by atoms with van der Waals surface area (Å²) in [5.41, 5.74) is 2.61. The van der Waals surface area contributed by atoms with Gasteiger partial charge in [-0.1, -0.05) is 35.7 Å². The SMILES string of the molecule is Cc1cc(Br)ccc1NCC1CCC(C)CC1. The number of rotatable bonds is 3. The Morgan fingerprint density at radius 2 is 1.94 bits per heavy atom. The first-order valence-corrected chi connectivity index (χ1v) is 7.44. The summed E-state index contributed by atoms with van der Waals surface area (Å²) in [6.07, 6.45) is 5.60. The third-order valence-corrected chi connectivity index (χ3v) is 4.40. The van der Waals surface area contributed by atoms with E-state index in [-0.39, 0.29) is 0 Å². The molecule has 1 nitrogen and oxygen atoms in total. The zero-order chi connectivity index (χ0) is 12.3. The van der Waals surface area contributed by atoms with Crippen molar-refractivity contribution in [3.05, 3.63) is 28.2 Å². The van der Waals surface area contributed by atoms with Crippen LogP contribution in [0.5, 0.6) is 0 Å². The molecule has 17 heavy (non-hydrogen) atoms. The Morgan fingerprint density at radius 1 is 1.24 bits per heavy atom. The van der Waals surface area contributed by atoms with E-state index in [0.29, 0.717) is 0 Å². The van der Waals surface area contributed by atoms with Gasteiger partial charge in [0.05, 0.1) is 0 Å². The van der Waals surface area contributed by atoms with Gasteiger partial charge in [-0.15, -0.1) is 0 Å². The Kier molecular flexibility index (Phi) is 4.49. The van der Waals surface area contributed by atoms with E-state index in [2.05, 4.69) is 53.3 Å². The highest BCUT2D eigenvalue weighted by atomic mass is 79.9. The van der Waals surface area contributed by atoms with Crippen molar-refractivity contribution in [2.45, 2.75) is 39.5 Å². The van der Waals surface area contributed by atoms with Crippen molar-refractivity contribution in [2.75, 3.05) is 11.9 Å². The average molecular weight is 296 g/mol. The van der Waals surface area contributed by atoms with Gasteiger partial charge in [0.1, 0.15) is 0 Å². The molecular formula is C15H22BrN. The fourth-order valence-corrected chi connectivity index (χ4v) is 3.09. The van der Waals surface area contributed by atoms with Gasteiger partial charge in [0.25, 0.3) is 0 Å². The summed E-state index contributed by atoms with van der Waals surface area (Å²) >= 11 is 3.50. The summed E-state index contributed by atoms with van der Waals surface area (Å²) in [7, 11) is 0. The van der Waals surface area contributed by atoms with Crippen LogP contribution < -0.4 is 5.32 Å². The second kappa shape index (κ2) is 5.90. The van der Waals surface area contributed by atoms with Gasteiger partial charge in [-0.05, 0) is 55.4 Å². The van der Waals surface area contributed by atoms with E-state index < -0.39 is 0 Å². The fraction of sp³-hybridized carbons (Fsp3) is 0.600. The quantitative estimate of drug-likeness (QED) is 0.828. The van der Waals surface area contributed by atoms with E-state index in [9.17, 15) is 0 Å². The lowest BCUT2D eigenvalue weighted by Crippen LogP contribution is -2.20. The summed E-state index contributed by atoms with van der Waals surface area (Å²) in [6.45, 7) is 5.67. The predicted octanol–water partition coefficient (Wildman–Crippen LogP) is 5.00. The van der Waals surface area contributed by atoms with Crippen molar-refractivity contribution >= 4 is 21.6 Å². The van der Waals surface area contributed by atoms with E-state index in [1.165, 1.54) is 36.9 Å². The number of halogens is 1. The van der Waals surface area contributed by atoms with E-state index in [0.717, 1.165) is 22.9 Å². The third-order valence-electron chi connectivity index (χ3n) is 3.91. The lowest BCUT2D eigenvalue weighted by Gasteiger charge is -2.26. The smallest absolute Gasteiger partial charge is 0.0370 e. The van der Waals surface area contributed by atoms with Gasteiger partial charge < -0.3 is 5.32 Å². The molecule has 1 aliphatic carbocycles. The largest absolute Gasteiger partial charge is 0.385 e. The monoisotopic (exact) mass is 295 g/mol. The number of benzene rings is 1. The number of anilines is 1. The van der Waals surface area contributed by atoms with E-state index in [1.807, 2.05) is 0 Å². The van der Waals surface area contributed by atoms with Gasteiger partial charge in [0, 0.05) is 16.7 Å². The summed E-state index contributed by atoms with van der Waals surface area (Å²) in [5, 5.41) is 3.60. The van der Waals surface area contributed by atoms with E-state index in [4.69, 9.17) is 0 Å². The van der Waals surface area contributed by atoms with Crippen molar-refractivity contribution in [2.24, 2.45) is 11.8 Å². The Hall–Kier alpha value is -0.500. The molecular weight excluding hydrogens is 274 g/mol. The average Bonchev–Trinajstić information content (AvgIpc) is 2.30. The van der Waals surface area contributed by atoms with Crippen LogP contribution in [0.15, 0.2) is 22.7 Å². The van der Waals surface area contributed by atoms with E-state index >= 15 is 0 Å². The van der Waals surface area contributed by atoms with Gasteiger partial charge in [-0.25, -0.2) is 0 Å².